The maximum absolute atomic E-state index is 14.1. The van der Waals surface area contributed by atoms with Crippen LogP contribution in [-0.4, -0.2) is 43.2 Å². The first-order chi connectivity index (χ1) is 16.8. The van der Waals surface area contributed by atoms with Gasteiger partial charge in [0.15, 0.2) is 0 Å². The fourth-order valence-corrected chi connectivity index (χ4v) is 5.94. The average molecular weight is 499 g/mol. The van der Waals surface area contributed by atoms with E-state index in [0.717, 1.165) is 27.6 Å². The van der Waals surface area contributed by atoms with Crippen LogP contribution in [-0.2, 0) is 27.8 Å². The molecule has 0 unspecified atom stereocenters. The molecule has 8 heteroatoms. The molecule has 4 rings (SSSR count). The van der Waals surface area contributed by atoms with E-state index >= 15 is 0 Å². The first-order valence-corrected chi connectivity index (χ1v) is 13.1. The largest absolute Gasteiger partial charge is 0.338 e. The number of nitrogens with zero attached hydrogens (tertiary/aromatic N) is 2. The summed E-state index contributed by atoms with van der Waals surface area (Å²) < 4.78 is 54.6. The second-order valence-corrected chi connectivity index (χ2v) is 10.6. The van der Waals surface area contributed by atoms with Gasteiger partial charge in [-0.15, -0.1) is 0 Å². The quantitative estimate of drug-likeness (QED) is 0.455. The zero-order chi connectivity index (χ0) is 24.8. The van der Waals surface area contributed by atoms with E-state index in [1.165, 1.54) is 0 Å². The highest BCUT2D eigenvalue weighted by Gasteiger charge is 2.35. The van der Waals surface area contributed by atoms with Gasteiger partial charge in [0.05, 0.1) is 0 Å². The van der Waals surface area contributed by atoms with Gasteiger partial charge in [0.1, 0.15) is 16.5 Å². The molecule has 184 valence electrons. The Morgan fingerprint density at radius 3 is 2.11 bits per heavy atom. The third-order valence-electron chi connectivity index (χ3n) is 6.36. The van der Waals surface area contributed by atoms with Gasteiger partial charge in [0, 0.05) is 32.1 Å². The SMILES string of the molecule is O=C(C1CCN(S(=O)(=O)c2cc(F)ccc2F)CC1)N(CCc1ccccc1)Cc1ccccc1. The van der Waals surface area contributed by atoms with Crippen LogP contribution < -0.4 is 0 Å². The number of hydrogen-bond donors (Lipinski definition) is 0. The first kappa shape index (κ1) is 25.0. The van der Waals surface area contributed by atoms with Gasteiger partial charge in [-0.2, -0.15) is 4.31 Å². The molecule has 3 aromatic carbocycles. The molecule has 5 nitrogen and oxygen atoms in total. The number of carbonyl (C=O) groups is 1. The van der Waals surface area contributed by atoms with Gasteiger partial charge in [-0.05, 0) is 48.6 Å². The van der Waals surface area contributed by atoms with Crippen molar-refractivity contribution in [2.45, 2.75) is 30.7 Å². The molecule has 0 aromatic heterocycles. The number of hydrogen-bond acceptors (Lipinski definition) is 3. The first-order valence-electron chi connectivity index (χ1n) is 11.7. The van der Waals surface area contributed by atoms with E-state index in [1.807, 2.05) is 65.6 Å². The second kappa shape index (κ2) is 11.1. The summed E-state index contributed by atoms with van der Waals surface area (Å²) >= 11 is 0. The lowest BCUT2D eigenvalue weighted by Crippen LogP contribution is -2.44. The summed E-state index contributed by atoms with van der Waals surface area (Å²) in [7, 11) is -4.19. The van der Waals surface area contributed by atoms with Crippen molar-refractivity contribution in [2.24, 2.45) is 5.92 Å². The van der Waals surface area contributed by atoms with Gasteiger partial charge in [-0.1, -0.05) is 60.7 Å². The molecule has 0 radical (unpaired) electrons. The molecule has 1 saturated heterocycles. The molecule has 1 amide bonds. The van der Waals surface area contributed by atoms with Crippen LogP contribution in [0.3, 0.4) is 0 Å². The number of halogens is 2. The number of rotatable bonds is 8. The molecule has 1 aliphatic heterocycles. The van der Waals surface area contributed by atoms with E-state index < -0.39 is 26.6 Å². The summed E-state index contributed by atoms with van der Waals surface area (Å²) in [6.45, 7) is 1.17. The van der Waals surface area contributed by atoms with Gasteiger partial charge >= 0.3 is 0 Å². The summed E-state index contributed by atoms with van der Waals surface area (Å²) in [6, 6.07) is 22.1. The van der Waals surface area contributed by atoms with E-state index in [4.69, 9.17) is 0 Å². The summed E-state index contributed by atoms with van der Waals surface area (Å²) in [4.78, 5) is 14.7. The summed E-state index contributed by atoms with van der Waals surface area (Å²) in [5.41, 5.74) is 2.16. The molecule has 0 saturated carbocycles. The number of carbonyl (C=O) groups excluding carboxylic acids is 1. The van der Waals surface area contributed by atoms with Crippen LogP contribution in [0.4, 0.5) is 8.78 Å². The van der Waals surface area contributed by atoms with E-state index in [2.05, 4.69) is 0 Å². The molecule has 1 heterocycles. The van der Waals surface area contributed by atoms with Crippen LogP contribution in [0.25, 0.3) is 0 Å². The van der Waals surface area contributed by atoms with Gasteiger partial charge < -0.3 is 4.90 Å². The Bertz CT molecular complexity index is 1250. The zero-order valence-electron chi connectivity index (χ0n) is 19.3. The van der Waals surface area contributed by atoms with Gasteiger partial charge in [0.2, 0.25) is 15.9 Å². The average Bonchev–Trinajstić information content (AvgIpc) is 2.88. The fourth-order valence-electron chi connectivity index (χ4n) is 4.39. The fraction of sp³-hybridized carbons (Fsp3) is 0.296. The Hall–Kier alpha value is -3.10. The highest BCUT2D eigenvalue weighted by Crippen LogP contribution is 2.27. The lowest BCUT2D eigenvalue weighted by molar-refractivity contribution is -0.137. The number of sulfonamides is 1. The van der Waals surface area contributed by atoms with Crippen molar-refractivity contribution in [1.29, 1.82) is 0 Å². The smallest absolute Gasteiger partial charge is 0.246 e. The molecule has 3 aromatic rings. The lowest BCUT2D eigenvalue weighted by Gasteiger charge is -2.34. The normalized spacial score (nSPS) is 15.1. The molecule has 0 aliphatic carbocycles. The monoisotopic (exact) mass is 498 g/mol. The number of amides is 1. The minimum Gasteiger partial charge on any atom is -0.338 e. The molecular formula is C27H28F2N2O3S. The Kier molecular flexibility index (Phi) is 7.93. The minimum absolute atomic E-state index is 0.0150. The molecule has 35 heavy (non-hydrogen) atoms. The van der Waals surface area contributed by atoms with Crippen LogP contribution in [0.1, 0.15) is 24.0 Å². The Morgan fingerprint density at radius 1 is 0.886 bits per heavy atom. The third-order valence-corrected chi connectivity index (χ3v) is 8.27. The van der Waals surface area contributed by atoms with Crippen LogP contribution >= 0.6 is 0 Å². The molecule has 0 spiro atoms. The predicted molar refractivity (Wildman–Crippen MR) is 130 cm³/mol. The molecule has 0 bridgehead atoms. The van der Waals surface area contributed by atoms with Crippen molar-refractivity contribution in [3.63, 3.8) is 0 Å². The molecule has 1 fully saturated rings. The van der Waals surface area contributed by atoms with Crippen molar-refractivity contribution in [3.05, 3.63) is 102 Å². The lowest BCUT2D eigenvalue weighted by atomic mass is 9.96. The Morgan fingerprint density at radius 2 is 1.49 bits per heavy atom. The molecule has 0 atom stereocenters. The maximum Gasteiger partial charge on any atom is 0.246 e. The Balaban J connectivity index is 1.44. The van der Waals surface area contributed by atoms with E-state index in [9.17, 15) is 22.0 Å². The molecule has 0 N–H and O–H groups in total. The van der Waals surface area contributed by atoms with Gasteiger partial charge in [0.25, 0.3) is 0 Å². The van der Waals surface area contributed by atoms with E-state index in [-0.39, 0.29) is 24.9 Å². The predicted octanol–water partition coefficient (Wildman–Crippen LogP) is 4.64. The molecule has 1 aliphatic rings. The van der Waals surface area contributed by atoms with Crippen molar-refractivity contribution >= 4 is 15.9 Å². The van der Waals surface area contributed by atoms with E-state index in [0.29, 0.717) is 38.4 Å². The zero-order valence-corrected chi connectivity index (χ0v) is 20.1. The summed E-state index contributed by atoms with van der Waals surface area (Å²) in [6.07, 6.45) is 1.36. The highest BCUT2D eigenvalue weighted by atomic mass is 32.2. The van der Waals surface area contributed by atoms with Crippen LogP contribution in [0.15, 0.2) is 83.8 Å². The standard InChI is InChI=1S/C27H28F2N2O3S/c28-24-11-12-25(29)26(19-24)35(33,34)31-17-14-23(15-18-31)27(32)30(20-22-9-5-2-6-10-22)16-13-21-7-3-1-4-8-21/h1-12,19,23H,13-18,20H2. The van der Waals surface area contributed by atoms with Crippen molar-refractivity contribution in [1.82, 2.24) is 9.21 Å². The minimum atomic E-state index is -4.19. The second-order valence-electron chi connectivity index (χ2n) is 8.73. The van der Waals surface area contributed by atoms with Crippen molar-refractivity contribution in [2.75, 3.05) is 19.6 Å². The van der Waals surface area contributed by atoms with E-state index in [1.54, 1.807) is 0 Å². The number of benzene rings is 3. The van der Waals surface area contributed by atoms with Gasteiger partial charge in [-0.25, -0.2) is 17.2 Å². The van der Waals surface area contributed by atoms with Crippen LogP contribution in [0.2, 0.25) is 0 Å². The maximum atomic E-state index is 14.1. The summed E-state index contributed by atoms with van der Waals surface area (Å²) in [5.74, 6) is -2.15. The summed E-state index contributed by atoms with van der Waals surface area (Å²) in [5, 5.41) is 0. The van der Waals surface area contributed by atoms with Crippen LogP contribution in [0.5, 0.6) is 0 Å². The highest BCUT2D eigenvalue weighted by molar-refractivity contribution is 7.89. The van der Waals surface area contributed by atoms with Crippen molar-refractivity contribution < 1.29 is 22.0 Å². The Labute approximate surface area is 205 Å². The van der Waals surface area contributed by atoms with Crippen molar-refractivity contribution in [3.8, 4) is 0 Å². The molecular weight excluding hydrogens is 470 g/mol. The topological polar surface area (TPSA) is 57.7 Å². The third kappa shape index (κ3) is 6.13. The van der Waals surface area contributed by atoms with Gasteiger partial charge in [-0.3, -0.25) is 4.79 Å². The van der Waals surface area contributed by atoms with Crippen LogP contribution in [0, 0.1) is 17.6 Å². The number of piperidine rings is 1.